The van der Waals surface area contributed by atoms with E-state index in [0.717, 1.165) is 29.5 Å². The van der Waals surface area contributed by atoms with E-state index in [0.29, 0.717) is 16.7 Å². The molecule has 0 saturated heterocycles. The van der Waals surface area contributed by atoms with E-state index in [-0.39, 0.29) is 17.6 Å². The van der Waals surface area contributed by atoms with Gasteiger partial charge in [-0.15, -0.1) is 10.2 Å². The Labute approximate surface area is 195 Å². The summed E-state index contributed by atoms with van der Waals surface area (Å²) in [7, 11) is 1.86. The van der Waals surface area contributed by atoms with Crippen molar-refractivity contribution in [2.75, 3.05) is 16.4 Å². The minimum atomic E-state index is -0.132. The zero-order valence-corrected chi connectivity index (χ0v) is 19.2. The lowest BCUT2D eigenvalue weighted by molar-refractivity contribution is -0.114. The number of anilines is 2. The van der Waals surface area contributed by atoms with Crippen LogP contribution in [0.1, 0.15) is 18.1 Å². The molecule has 5 rings (SSSR count). The van der Waals surface area contributed by atoms with Crippen LogP contribution in [-0.4, -0.2) is 32.3 Å². The van der Waals surface area contributed by atoms with Crippen molar-refractivity contribution in [2.45, 2.75) is 24.9 Å². The third-order valence-electron chi connectivity index (χ3n) is 5.76. The van der Waals surface area contributed by atoms with Gasteiger partial charge in [-0.25, -0.2) is 0 Å². The monoisotopic (exact) mass is 457 g/mol. The number of nitrogens with one attached hydrogen (secondary N) is 2. The van der Waals surface area contributed by atoms with Gasteiger partial charge in [0, 0.05) is 36.3 Å². The van der Waals surface area contributed by atoms with Crippen LogP contribution in [0.5, 0.6) is 0 Å². The lowest BCUT2D eigenvalue weighted by Crippen LogP contribution is -2.14. The summed E-state index contributed by atoms with van der Waals surface area (Å²) < 4.78 is 1.85. The molecule has 1 aliphatic carbocycles. The molecule has 33 heavy (non-hydrogen) atoms. The Kier molecular flexibility index (Phi) is 5.60. The topological polar surface area (TPSA) is 88.9 Å². The Hall–Kier alpha value is -3.65. The number of aromatic nitrogens is 3. The second kappa shape index (κ2) is 8.71. The number of thioether (sulfide) groups is 1. The van der Waals surface area contributed by atoms with E-state index in [1.165, 1.54) is 35.2 Å². The highest BCUT2D eigenvalue weighted by Gasteiger charge is 2.18. The standard InChI is InChI=1S/C25H23N5O2S/c1-15(31)26-19-7-3-6-18(13-19)24-28-29-25(30(24)2)33-14-22(32)27-21-12-11-17-10-9-16-5-4-8-20(21)23(16)17/h3-8,11-13H,9-10,14H2,1-2H3,(H,26,31)(H,27,32). The van der Waals surface area contributed by atoms with Crippen LogP contribution in [-0.2, 0) is 29.5 Å². The molecule has 2 N–H and O–H groups in total. The highest BCUT2D eigenvalue weighted by Crippen LogP contribution is 2.35. The number of rotatable bonds is 6. The van der Waals surface area contributed by atoms with Crippen molar-refractivity contribution in [3.8, 4) is 11.4 Å². The third-order valence-corrected chi connectivity index (χ3v) is 6.78. The molecule has 0 fully saturated rings. The van der Waals surface area contributed by atoms with Crippen LogP contribution in [0.3, 0.4) is 0 Å². The van der Waals surface area contributed by atoms with E-state index in [1.807, 2.05) is 41.9 Å². The Balaban J connectivity index is 1.29. The van der Waals surface area contributed by atoms with Crippen LogP contribution in [0, 0.1) is 0 Å². The average molecular weight is 458 g/mol. The first-order valence-corrected chi connectivity index (χ1v) is 11.7. The van der Waals surface area contributed by atoms with E-state index in [1.54, 1.807) is 0 Å². The van der Waals surface area contributed by atoms with E-state index in [4.69, 9.17) is 0 Å². The molecule has 0 atom stereocenters. The van der Waals surface area contributed by atoms with Crippen LogP contribution in [0.25, 0.3) is 22.2 Å². The number of hydrogen-bond acceptors (Lipinski definition) is 5. The summed E-state index contributed by atoms with van der Waals surface area (Å²) in [5.41, 5.74) is 5.07. The molecule has 3 aromatic carbocycles. The number of carbonyl (C=O) groups excluding carboxylic acids is 2. The first kappa shape index (κ1) is 21.2. The van der Waals surface area contributed by atoms with Gasteiger partial charge in [0.1, 0.15) is 0 Å². The van der Waals surface area contributed by atoms with Crippen LogP contribution in [0.2, 0.25) is 0 Å². The molecule has 2 amide bonds. The predicted octanol–water partition coefficient (Wildman–Crippen LogP) is 4.42. The Morgan fingerprint density at radius 1 is 1.00 bits per heavy atom. The Morgan fingerprint density at radius 3 is 2.61 bits per heavy atom. The van der Waals surface area contributed by atoms with Gasteiger partial charge in [0.25, 0.3) is 0 Å². The summed E-state index contributed by atoms with van der Waals surface area (Å²) in [6.45, 7) is 1.47. The summed E-state index contributed by atoms with van der Waals surface area (Å²) in [5, 5.41) is 17.4. The Morgan fingerprint density at radius 2 is 1.79 bits per heavy atom. The molecule has 4 aromatic rings. The minimum Gasteiger partial charge on any atom is -0.326 e. The molecule has 7 nitrogen and oxygen atoms in total. The maximum Gasteiger partial charge on any atom is 0.234 e. The van der Waals surface area contributed by atoms with Crippen molar-refractivity contribution in [1.82, 2.24) is 14.8 Å². The molecule has 1 aliphatic rings. The van der Waals surface area contributed by atoms with Crippen molar-refractivity contribution < 1.29 is 9.59 Å². The zero-order chi connectivity index (χ0) is 22.9. The fourth-order valence-electron chi connectivity index (χ4n) is 4.30. The molecule has 0 unspecified atom stereocenters. The van der Waals surface area contributed by atoms with Crippen LogP contribution in [0.4, 0.5) is 11.4 Å². The van der Waals surface area contributed by atoms with Crippen molar-refractivity contribution in [2.24, 2.45) is 7.05 Å². The van der Waals surface area contributed by atoms with Gasteiger partial charge in [-0.2, -0.15) is 0 Å². The van der Waals surface area contributed by atoms with Gasteiger partial charge in [0.2, 0.25) is 11.8 Å². The minimum absolute atomic E-state index is 0.0871. The van der Waals surface area contributed by atoms with Crippen molar-refractivity contribution in [3.63, 3.8) is 0 Å². The van der Waals surface area contributed by atoms with Crippen LogP contribution in [0.15, 0.2) is 59.8 Å². The molecule has 1 heterocycles. The second-order valence-corrected chi connectivity index (χ2v) is 9.02. The number of hydrogen-bond donors (Lipinski definition) is 2. The molecule has 0 bridgehead atoms. The number of nitrogens with zero attached hydrogens (tertiary/aromatic N) is 3. The van der Waals surface area contributed by atoms with Gasteiger partial charge in [-0.05, 0) is 47.6 Å². The van der Waals surface area contributed by atoms with Crippen molar-refractivity contribution >= 4 is 45.7 Å². The van der Waals surface area contributed by atoms with Crippen molar-refractivity contribution in [1.29, 1.82) is 0 Å². The highest BCUT2D eigenvalue weighted by molar-refractivity contribution is 7.99. The smallest absolute Gasteiger partial charge is 0.234 e. The van der Waals surface area contributed by atoms with Gasteiger partial charge in [-0.3, -0.25) is 9.59 Å². The second-order valence-electron chi connectivity index (χ2n) is 8.08. The van der Waals surface area contributed by atoms with Gasteiger partial charge >= 0.3 is 0 Å². The number of amides is 2. The van der Waals surface area contributed by atoms with Crippen LogP contribution >= 0.6 is 11.8 Å². The normalized spacial score (nSPS) is 12.2. The summed E-state index contributed by atoms with van der Waals surface area (Å²) in [6, 6.07) is 17.8. The quantitative estimate of drug-likeness (QED) is 0.418. The molecule has 166 valence electrons. The lowest BCUT2D eigenvalue weighted by atomic mass is 10.0. The van der Waals surface area contributed by atoms with Gasteiger partial charge in [-0.1, -0.05) is 48.2 Å². The van der Waals surface area contributed by atoms with Crippen LogP contribution < -0.4 is 10.6 Å². The lowest BCUT2D eigenvalue weighted by Gasteiger charge is -2.10. The van der Waals surface area contributed by atoms with Gasteiger partial charge in [0.15, 0.2) is 11.0 Å². The fourth-order valence-corrected chi connectivity index (χ4v) is 5.01. The van der Waals surface area contributed by atoms with Gasteiger partial charge in [0.05, 0.1) is 5.75 Å². The van der Waals surface area contributed by atoms with Gasteiger partial charge < -0.3 is 15.2 Å². The molecule has 1 aromatic heterocycles. The van der Waals surface area contributed by atoms with E-state index in [9.17, 15) is 9.59 Å². The molecule has 0 spiro atoms. The number of aryl methyl sites for hydroxylation is 2. The Bertz CT molecular complexity index is 1380. The van der Waals surface area contributed by atoms with E-state index < -0.39 is 0 Å². The van der Waals surface area contributed by atoms with Crippen molar-refractivity contribution in [3.05, 3.63) is 65.7 Å². The molecule has 0 radical (unpaired) electrons. The van der Waals surface area contributed by atoms with E-state index >= 15 is 0 Å². The summed E-state index contributed by atoms with van der Waals surface area (Å²) >= 11 is 1.34. The molecule has 8 heteroatoms. The molecular formula is C25H23N5O2S. The third kappa shape index (κ3) is 4.21. The maximum absolute atomic E-state index is 12.7. The first-order chi connectivity index (χ1) is 16.0. The fraction of sp³-hybridized carbons (Fsp3) is 0.200. The average Bonchev–Trinajstić information content (AvgIpc) is 3.38. The number of benzene rings is 3. The SMILES string of the molecule is CC(=O)Nc1cccc(-c2nnc(SCC(=O)Nc3ccc4c5c(cccc35)CC4)n2C)c1. The highest BCUT2D eigenvalue weighted by atomic mass is 32.2. The zero-order valence-electron chi connectivity index (χ0n) is 18.4. The summed E-state index contributed by atoms with van der Waals surface area (Å²) in [6.07, 6.45) is 2.12. The molecule has 0 aliphatic heterocycles. The molecular weight excluding hydrogens is 434 g/mol. The summed E-state index contributed by atoms with van der Waals surface area (Å²) in [4.78, 5) is 24.1. The predicted molar refractivity (Wildman–Crippen MR) is 131 cm³/mol. The molecule has 0 saturated carbocycles. The number of carbonyl (C=O) groups is 2. The largest absolute Gasteiger partial charge is 0.326 e. The summed E-state index contributed by atoms with van der Waals surface area (Å²) in [5.74, 6) is 0.669. The maximum atomic E-state index is 12.7. The first-order valence-electron chi connectivity index (χ1n) is 10.7. The van der Waals surface area contributed by atoms with E-state index in [2.05, 4.69) is 45.1 Å².